The second kappa shape index (κ2) is 7.51. The van der Waals surface area contributed by atoms with Crippen LogP contribution in [0.25, 0.3) is 0 Å². The first-order chi connectivity index (χ1) is 8.26. The van der Waals surface area contributed by atoms with Gasteiger partial charge in [-0.05, 0) is 17.7 Å². The van der Waals surface area contributed by atoms with E-state index in [2.05, 4.69) is 16.0 Å². The lowest BCUT2D eigenvalue weighted by molar-refractivity contribution is 0.211. The number of hydrogen-bond donors (Lipinski definition) is 3. The maximum Gasteiger partial charge on any atom is 0.314 e. The zero-order valence-electron chi connectivity index (χ0n) is 10.2. The fourth-order valence-corrected chi connectivity index (χ4v) is 1.31. The highest BCUT2D eigenvalue weighted by molar-refractivity contribution is 5.73. The molecule has 2 amide bonds. The molecule has 0 aliphatic heterocycles. The number of anilines is 1. The molecule has 0 aliphatic carbocycles. The minimum Gasteiger partial charge on any atom is -0.383 e. The van der Waals surface area contributed by atoms with Crippen LogP contribution < -0.4 is 16.0 Å². The van der Waals surface area contributed by atoms with Crippen LogP contribution >= 0.6 is 0 Å². The molecule has 0 saturated carbocycles. The predicted molar refractivity (Wildman–Crippen MR) is 68.1 cm³/mol. The standard InChI is InChI=1S/C12H19N3O2/c1-13-12(16)15-9-10-3-5-11(6-4-10)14-7-8-17-2/h3-6,14H,7-9H2,1-2H3,(H2,13,15,16). The smallest absolute Gasteiger partial charge is 0.314 e. The number of methoxy groups -OCH3 is 1. The van der Waals surface area contributed by atoms with Crippen LogP contribution in [0.1, 0.15) is 5.56 Å². The van der Waals surface area contributed by atoms with Crippen molar-refractivity contribution in [3.8, 4) is 0 Å². The number of rotatable bonds is 6. The zero-order valence-corrected chi connectivity index (χ0v) is 10.2. The maximum absolute atomic E-state index is 11.0. The van der Waals surface area contributed by atoms with Crippen LogP contribution in [0.15, 0.2) is 24.3 Å². The quantitative estimate of drug-likeness (QED) is 0.651. The van der Waals surface area contributed by atoms with E-state index in [1.165, 1.54) is 0 Å². The van der Waals surface area contributed by atoms with Gasteiger partial charge in [-0.25, -0.2) is 4.79 Å². The van der Waals surface area contributed by atoms with Gasteiger partial charge in [-0.2, -0.15) is 0 Å². The summed E-state index contributed by atoms with van der Waals surface area (Å²) in [5, 5.41) is 8.46. The molecule has 1 aromatic carbocycles. The van der Waals surface area contributed by atoms with Gasteiger partial charge < -0.3 is 20.7 Å². The van der Waals surface area contributed by atoms with Crippen molar-refractivity contribution in [1.29, 1.82) is 0 Å². The van der Waals surface area contributed by atoms with Crippen LogP contribution in [0.5, 0.6) is 0 Å². The summed E-state index contributed by atoms with van der Waals surface area (Å²) < 4.78 is 4.95. The van der Waals surface area contributed by atoms with E-state index < -0.39 is 0 Å². The molecule has 0 heterocycles. The lowest BCUT2D eigenvalue weighted by Crippen LogP contribution is -2.32. The molecule has 5 nitrogen and oxygen atoms in total. The van der Waals surface area contributed by atoms with Crippen molar-refractivity contribution < 1.29 is 9.53 Å². The van der Waals surface area contributed by atoms with E-state index in [0.717, 1.165) is 17.8 Å². The Kier molecular flexibility index (Phi) is 5.88. The molecule has 0 bridgehead atoms. The molecule has 1 rings (SSSR count). The highest BCUT2D eigenvalue weighted by Gasteiger charge is 1.97. The highest BCUT2D eigenvalue weighted by Crippen LogP contribution is 2.08. The van der Waals surface area contributed by atoms with Gasteiger partial charge in [-0.3, -0.25) is 0 Å². The summed E-state index contributed by atoms with van der Waals surface area (Å²) in [6.07, 6.45) is 0. The number of hydrogen-bond acceptors (Lipinski definition) is 3. The van der Waals surface area contributed by atoms with Gasteiger partial charge in [0.25, 0.3) is 0 Å². The summed E-state index contributed by atoms with van der Waals surface area (Å²) in [5.74, 6) is 0. The summed E-state index contributed by atoms with van der Waals surface area (Å²) in [6.45, 7) is 1.99. The van der Waals surface area contributed by atoms with Crippen molar-refractivity contribution >= 4 is 11.7 Å². The van der Waals surface area contributed by atoms with Crippen LogP contribution in [0, 0.1) is 0 Å². The van der Waals surface area contributed by atoms with E-state index in [-0.39, 0.29) is 6.03 Å². The first-order valence-corrected chi connectivity index (χ1v) is 5.53. The van der Waals surface area contributed by atoms with E-state index in [1.54, 1.807) is 14.2 Å². The second-order valence-corrected chi connectivity index (χ2v) is 3.55. The van der Waals surface area contributed by atoms with Gasteiger partial charge in [0.2, 0.25) is 0 Å². The molecule has 0 fully saturated rings. The van der Waals surface area contributed by atoms with Gasteiger partial charge in [0.05, 0.1) is 6.61 Å². The van der Waals surface area contributed by atoms with E-state index >= 15 is 0 Å². The van der Waals surface area contributed by atoms with Gasteiger partial charge in [-0.1, -0.05) is 12.1 Å². The van der Waals surface area contributed by atoms with Gasteiger partial charge in [-0.15, -0.1) is 0 Å². The Morgan fingerprint density at radius 3 is 2.59 bits per heavy atom. The van der Waals surface area contributed by atoms with Crippen LogP contribution in [-0.2, 0) is 11.3 Å². The zero-order chi connectivity index (χ0) is 12.5. The molecule has 1 aromatic rings. The van der Waals surface area contributed by atoms with E-state index in [0.29, 0.717) is 13.2 Å². The maximum atomic E-state index is 11.0. The first-order valence-electron chi connectivity index (χ1n) is 5.53. The van der Waals surface area contributed by atoms with Crippen molar-refractivity contribution in [2.75, 3.05) is 32.6 Å². The Hall–Kier alpha value is -1.75. The molecule has 0 spiro atoms. The van der Waals surface area contributed by atoms with E-state index in [9.17, 15) is 4.79 Å². The Morgan fingerprint density at radius 2 is 2.00 bits per heavy atom. The third-order valence-electron chi connectivity index (χ3n) is 2.27. The first kappa shape index (κ1) is 13.3. The van der Waals surface area contributed by atoms with Gasteiger partial charge >= 0.3 is 6.03 Å². The summed E-state index contributed by atoms with van der Waals surface area (Å²) >= 11 is 0. The van der Waals surface area contributed by atoms with Crippen LogP contribution in [0.2, 0.25) is 0 Å². The number of ether oxygens (including phenoxy) is 1. The summed E-state index contributed by atoms with van der Waals surface area (Å²) in [6, 6.07) is 7.75. The molecule has 0 aromatic heterocycles. The summed E-state index contributed by atoms with van der Waals surface area (Å²) in [7, 11) is 3.27. The molecule has 0 unspecified atom stereocenters. The average molecular weight is 237 g/mol. The predicted octanol–water partition coefficient (Wildman–Crippen LogP) is 1.17. The highest BCUT2D eigenvalue weighted by atomic mass is 16.5. The number of nitrogens with one attached hydrogen (secondary N) is 3. The second-order valence-electron chi connectivity index (χ2n) is 3.55. The third kappa shape index (κ3) is 5.21. The lowest BCUT2D eigenvalue weighted by Gasteiger charge is -2.07. The molecular formula is C12H19N3O2. The lowest BCUT2D eigenvalue weighted by atomic mass is 10.2. The van der Waals surface area contributed by atoms with E-state index in [1.807, 2.05) is 24.3 Å². The van der Waals surface area contributed by atoms with Crippen molar-refractivity contribution in [2.24, 2.45) is 0 Å². The summed E-state index contributed by atoms with van der Waals surface area (Å²) in [4.78, 5) is 11.0. The van der Waals surface area contributed by atoms with Crippen molar-refractivity contribution in [3.63, 3.8) is 0 Å². The number of urea groups is 1. The number of carbonyl (C=O) groups excluding carboxylic acids is 1. The fraction of sp³-hybridized carbons (Fsp3) is 0.417. The molecule has 17 heavy (non-hydrogen) atoms. The SMILES string of the molecule is CNC(=O)NCc1ccc(NCCOC)cc1. The fourth-order valence-electron chi connectivity index (χ4n) is 1.31. The molecule has 0 atom stereocenters. The average Bonchev–Trinajstić information content (AvgIpc) is 2.37. The minimum absolute atomic E-state index is 0.174. The largest absolute Gasteiger partial charge is 0.383 e. The molecule has 0 aliphatic rings. The monoisotopic (exact) mass is 237 g/mol. The molecule has 94 valence electrons. The van der Waals surface area contributed by atoms with Gasteiger partial charge in [0.1, 0.15) is 0 Å². The number of benzene rings is 1. The van der Waals surface area contributed by atoms with Crippen LogP contribution in [-0.4, -0.2) is 33.3 Å². The summed E-state index contributed by atoms with van der Waals surface area (Å²) in [5.41, 5.74) is 2.11. The van der Waals surface area contributed by atoms with E-state index in [4.69, 9.17) is 4.74 Å². The molecule has 3 N–H and O–H groups in total. The van der Waals surface area contributed by atoms with Gasteiger partial charge in [0, 0.05) is 32.9 Å². The third-order valence-corrected chi connectivity index (χ3v) is 2.27. The minimum atomic E-state index is -0.174. The van der Waals surface area contributed by atoms with Crippen molar-refractivity contribution in [1.82, 2.24) is 10.6 Å². The molecule has 0 radical (unpaired) electrons. The molecular weight excluding hydrogens is 218 g/mol. The Labute approximate surface area is 102 Å². The Balaban J connectivity index is 2.36. The Morgan fingerprint density at radius 1 is 1.29 bits per heavy atom. The molecule has 0 saturated heterocycles. The molecule has 5 heteroatoms. The number of amides is 2. The number of carbonyl (C=O) groups is 1. The van der Waals surface area contributed by atoms with Gasteiger partial charge in [0.15, 0.2) is 0 Å². The topological polar surface area (TPSA) is 62.4 Å². The normalized spacial score (nSPS) is 9.76. The Bertz CT molecular complexity index is 338. The van der Waals surface area contributed by atoms with Crippen LogP contribution in [0.3, 0.4) is 0 Å². The van der Waals surface area contributed by atoms with Crippen molar-refractivity contribution in [3.05, 3.63) is 29.8 Å². The van der Waals surface area contributed by atoms with Crippen molar-refractivity contribution in [2.45, 2.75) is 6.54 Å². The van der Waals surface area contributed by atoms with Crippen LogP contribution in [0.4, 0.5) is 10.5 Å².